The molecule has 0 bridgehead atoms. The van der Waals surface area contributed by atoms with Gasteiger partial charge in [-0.1, -0.05) is 30.3 Å². The molecule has 1 unspecified atom stereocenters. The molecule has 0 saturated carbocycles. The van der Waals surface area contributed by atoms with Crippen molar-refractivity contribution >= 4 is 10.0 Å². The number of imidazole rings is 1. The molecule has 1 aromatic heterocycles. The largest absolute Gasteiger partial charge is 0.330 e. The predicted molar refractivity (Wildman–Crippen MR) is 99.8 cm³/mol. The summed E-state index contributed by atoms with van der Waals surface area (Å²) in [5, 5.41) is 0. The van der Waals surface area contributed by atoms with E-state index < -0.39 is 10.0 Å². The lowest BCUT2D eigenvalue weighted by atomic mass is 10.0. The molecule has 0 amide bonds. The van der Waals surface area contributed by atoms with Crippen molar-refractivity contribution in [1.82, 2.24) is 13.9 Å². The second kappa shape index (κ2) is 7.30. The van der Waals surface area contributed by atoms with Crippen LogP contribution in [0.15, 0.2) is 36.5 Å². The molecule has 1 aliphatic rings. The van der Waals surface area contributed by atoms with Crippen molar-refractivity contribution in [3.63, 3.8) is 0 Å². The van der Waals surface area contributed by atoms with Gasteiger partial charge in [0.05, 0.1) is 5.75 Å². The van der Waals surface area contributed by atoms with Crippen LogP contribution in [0.2, 0.25) is 0 Å². The van der Waals surface area contributed by atoms with Gasteiger partial charge in [0, 0.05) is 37.4 Å². The number of aryl methyl sites for hydroxylation is 1. The first-order valence-corrected chi connectivity index (χ1v) is 10.5. The molecule has 0 radical (unpaired) electrons. The molecule has 0 aliphatic carbocycles. The number of rotatable bonds is 6. The first-order valence-electron chi connectivity index (χ1n) is 8.91. The normalized spacial score (nSPS) is 19.0. The molecule has 1 aliphatic heterocycles. The highest BCUT2D eigenvalue weighted by Crippen LogP contribution is 2.26. The summed E-state index contributed by atoms with van der Waals surface area (Å²) < 4.78 is 29.3. The van der Waals surface area contributed by atoms with E-state index in [-0.39, 0.29) is 5.75 Å². The van der Waals surface area contributed by atoms with Crippen molar-refractivity contribution in [2.75, 3.05) is 13.1 Å². The summed E-state index contributed by atoms with van der Waals surface area (Å²) in [7, 11) is -3.25. The zero-order valence-corrected chi connectivity index (χ0v) is 16.0. The Morgan fingerprint density at radius 3 is 2.64 bits per heavy atom. The fourth-order valence-electron chi connectivity index (χ4n) is 3.70. The average molecular weight is 362 g/mol. The molecule has 1 atom stereocenters. The first-order chi connectivity index (χ1) is 11.9. The second-order valence-electron chi connectivity index (χ2n) is 7.24. The minimum atomic E-state index is -3.25. The molecule has 3 rings (SSSR count). The molecule has 5 nitrogen and oxygen atoms in total. The Morgan fingerprint density at radius 1 is 1.24 bits per heavy atom. The maximum absolute atomic E-state index is 12.7. The van der Waals surface area contributed by atoms with Crippen LogP contribution in [0.25, 0.3) is 0 Å². The molecule has 2 heterocycles. The number of hydrogen-bond donors (Lipinski definition) is 0. The van der Waals surface area contributed by atoms with Crippen molar-refractivity contribution in [2.24, 2.45) is 5.92 Å². The van der Waals surface area contributed by atoms with Crippen LogP contribution in [-0.2, 0) is 22.2 Å². The minimum absolute atomic E-state index is 0.0836. The first kappa shape index (κ1) is 18.1. The van der Waals surface area contributed by atoms with Crippen LogP contribution in [0.4, 0.5) is 0 Å². The molecule has 1 aromatic carbocycles. The second-order valence-corrected chi connectivity index (χ2v) is 9.21. The van der Waals surface area contributed by atoms with Gasteiger partial charge in [0.15, 0.2) is 0 Å². The maximum Gasteiger partial charge on any atom is 0.218 e. The van der Waals surface area contributed by atoms with Crippen molar-refractivity contribution in [2.45, 2.75) is 45.4 Å². The lowest BCUT2D eigenvalue weighted by Gasteiger charge is -2.18. The summed E-state index contributed by atoms with van der Waals surface area (Å²) in [6, 6.07) is 9.77. The third-order valence-electron chi connectivity index (χ3n) is 4.88. The highest BCUT2D eigenvalue weighted by atomic mass is 32.2. The van der Waals surface area contributed by atoms with Gasteiger partial charge in [-0.3, -0.25) is 0 Å². The number of aromatic nitrogens is 2. The molecule has 0 N–H and O–H groups in total. The van der Waals surface area contributed by atoms with Gasteiger partial charge < -0.3 is 4.57 Å². The van der Waals surface area contributed by atoms with Gasteiger partial charge in [0.25, 0.3) is 0 Å². The SMILES string of the molecule is Cc1cnc(CC2CCN(S(=O)(=O)Cc3ccccc3)C2)n1C(C)C. The van der Waals surface area contributed by atoms with E-state index >= 15 is 0 Å². The Morgan fingerprint density at radius 2 is 1.96 bits per heavy atom. The van der Waals surface area contributed by atoms with Gasteiger partial charge in [-0.05, 0) is 38.7 Å². The summed E-state index contributed by atoms with van der Waals surface area (Å²) in [4.78, 5) is 4.55. The standard InChI is InChI=1S/C19H27N3O2S/c1-15(2)22-16(3)12-20-19(22)11-18-9-10-21(13-18)25(23,24)14-17-7-5-4-6-8-17/h4-8,12,15,18H,9-11,13-14H2,1-3H3. The predicted octanol–water partition coefficient (Wildman–Crippen LogP) is 3.17. The Kier molecular flexibility index (Phi) is 5.29. The summed E-state index contributed by atoms with van der Waals surface area (Å²) in [6.07, 6.45) is 3.65. The molecule has 136 valence electrons. The number of nitrogens with zero attached hydrogens (tertiary/aromatic N) is 3. The van der Waals surface area contributed by atoms with Gasteiger partial charge >= 0.3 is 0 Å². The molecular weight excluding hydrogens is 334 g/mol. The van der Waals surface area contributed by atoms with Crippen LogP contribution in [0.1, 0.15) is 43.4 Å². The fraction of sp³-hybridized carbons (Fsp3) is 0.526. The zero-order chi connectivity index (χ0) is 18.0. The van der Waals surface area contributed by atoms with E-state index in [0.29, 0.717) is 25.0 Å². The van der Waals surface area contributed by atoms with Gasteiger partial charge in [-0.25, -0.2) is 17.7 Å². The smallest absolute Gasteiger partial charge is 0.218 e. The van der Waals surface area contributed by atoms with E-state index in [9.17, 15) is 8.42 Å². The summed E-state index contributed by atoms with van der Waals surface area (Å²) >= 11 is 0. The number of sulfonamides is 1. The molecule has 2 aromatic rings. The van der Waals surface area contributed by atoms with Crippen molar-refractivity contribution in [1.29, 1.82) is 0 Å². The third-order valence-corrected chi connectivity index (χ3v) is 6.70. The average Bonchev–Trinajstić information content (AvgIpc) is 3.16. The molecular formula is C19H27N3O2S. The van der Waals surface area contributed by atoms with Crippen molar-refractivity contribution < 1.29 is 8.42 Å². The summed E-state index contributed by atoms with van der Waals surface area (Å²) in [5.41, 5.74) is 2.01. The zero-order valence-electron chi connectivity index (χ0n) is 15.2. The summed E-state index contributed by atoms with van der Waals surface area (Å²) in [5.74, 6) is 1.49. The topological polar surface area (TPSA) is 55.2 Å². The van der Waals surface area contributed by atoms with Crippen molar-refractivity contribution in [3.8, 4) is 0 Å². The van der Waals surface area contributed by atoms with E-state index in [2.05, 4.69) is 30.3 Å². The highest BCUT2D eigenvalue weighted by Gasteiger charge is 2.32. The minimum Gasteiger partial charge on any atom is -0.330 e. The van der Waals surface area contributed by atoms with Crippen LogP contribution in [0.3, 0.4) is 0 Å². The lowest BCUT2D eigenvalue weighted by Crippen LogP contribution is -2.30. The van der Waals surface area contributed by atoms with Crippen LogP contribution < -0.4 is 0 Å². The van der Waals surface area contributed by atoms with Gasteiger partial charge in [-0.2, -0.15) is 0 Å². The van der Waals surface area contributed by atoms with E-state index in [4.69, 9.17) is 0 Å². The van der Waals surface area contributed by atoms with Crippen LogP contribution in [0, 0.1) is 12.8 Å². The molecule has 1 fully saturated rings. The third kappa shape index (κ3) is 4.12. The van der Waals surface area contributed by atoms with Crippen LogP contribution in [0.5, 0.6) is 0 Å². The van der Waals surface area contributed by atoms with Gasteiger partial charge in [0.1, 0.15) is 5.82 Å². The lowest BCUT2D eigenvalue weighted by molar-refractivity contribution is 0.445. The van der Waals surface area contributed by atoms with E-state index in [1.165, 1.54) is 0 Å². The van der Waals surface area contributed by atoms with Gasteiger partial charge in [0.2, 0.25) is 10.0 Å². The molecule has 25 heavy (non-hydrogen) atoms. The number of benzene rings is 1. The van der Waals surface area contributed by atoms with E-state index in [0.717, 1.165) is 29.9 Å². The van der Waals surface area contributed by atoms with E-state index in [1.807, 2.05) is 36.5 Å². The maximum atomic E-state index is 12.7. The molecule has 1 saturated heterocycles. The van der Waals surface area contributed by atoms with Crippen LogP contribution >= 0.6 is 0 Å². The van der Waals surface area contributed by atoms with E-state index in [1.54, 1.807) is 4.31 Å². The van der Waals surface area contributed by atoms with Crippen molar-refractivity contribution in [3.05, 3.63) is 53.6 Å². The quantitative estimate of drug-likeness (QED) is 0.794. The summed E-state index contributed by atoms with van der Waals surface area (Å²) in [6.45, 7) is 7.59. The highest BCUT2D eigenvalue weighted by molar-refractivity contribution is 7.88. The Labute approximate surface area is 150 Å². The Balaban J connectivity index is 1.66. The fourth-order valence-corrected chi connectivity index (χ4v) is 5.32. The monoisotopic (exact) mass is 361 g/mol. The Hall–Kier alpha value is -1.66. The molecule has 6 heteroatoms. The van der Waals surface area contributed by atoms with Gasteiger partial charge in [-0.15, -0.1) is 0 Å². The van der Waals surface area contributed by atoms with Crippen LogP contribution in [-0.4, -0.2) is 35.4 Å². The molecule has 0 spiro atoms. The number of hydrogen-bond acceptors (Lipinski definition) is 3. The Bertz CT molecular complexity index is 812.